The van der Waals surface area contributed by atoms with Crippen molar-refractivity contribution in [2.75, 3.05) is 18.0 Å². The zero-order valence-electron chi connectivity index (χ0n) is 9.64. The summed E-state index contributed by atoms with van der Waals surface area (Å²) in [5, 5.41) is 9.76. The van der Waals surface area contributed by atoms with Crippen molar-refractivity contribution in [2.45, 2.75) is 12.3 Å². The second-order valence-corrected chi connectivity index (χ2v) is 4.92. The van der Waals surface area contributed by atoms with Crippen molar-refractivity contribution >= 4 is 34.9 Å². The van der Waals surface area contributed by atoms with Crippen LogP contribution in [0.2, 0.25) is 0 Å². The van der Waals surface area contributed by atoms with E-state index in [-0.39, 0.29) is 0 Å². The quantitative estimate of drug-likeness (QED) is 0.926. The first kappa shape index (κ1) is 13.2. The second kappa shape index (κ2) is 5.63. The van der Waals surface area contributed by atoms with Gasteiger partial charge in [0, 0.05) is 22.8 Å². The lowest BCUT2D eigenvalue weighted by Gasteiger charge is -2.34. The Hall–Kier alpha value is -1.19. The largest absolute Gasteiger partial charge is 0.481 e. The lowest BCUT2D eigenvalue weighted by Crippen LogP contribution is -2.34. The number of hydrogen-bond donors (Lipinski definition) is 1. The van der Waals surface area contributed by atoms with Crippen LogP contribution in [-0.2, 0) is 4.79 Å². The number of anilines is 1. The van der Waals surface area contributed by atoms with Crippen LogP contribution in [0, 0.1) is 0 Å². The van der Waals surface area contributed by atoms with E-state index in [0.29, 0.717) is 24.5 Å². The van der Waals surface area contributed by atoms with Gasteiger partial charge in [0.25, 0.3) is 0 Å². The van der Waals surface area contributed by atoms with Gasteiger partial charge in [-0.05, 0) is 18.1 Å². The number of fused-ring (bicyclic) bond motifs is 1. The maximum absolute atomic E-state index is 11.2. The molecule has 0 saturated carbocycles. The fourth-order valence-electron chi connectivity index (χ4n) is 2.27. The molecule has 1 aliphatic heterocycles. The summed E-state index contributed by atoms with van der Waals surface area (Å²) in [5.74, 6) is -1.21. The SMILES string of the molecule is O=C(O)C1CCN(C/C(Cl)=C/Cl)c2ccccc21. The van der Waals surface area contributed by atoms with Crippen molar-refractivity contribution in [1.29, 1.82) is 0 Å². The van der Waals surface area contributed by atoms with E-state index in [2.05, 4.69) is 4.90 Å². The summed E-state index contributed by atoms with van der Waals surface area (Å²) in [5.41, 5.74) is 3.11. The van der Waals surface area contributed by atoms with Crippen molar-refractivity contribution in [1.82, 2.24) is 0 Å². The van der Waals surface area contributed by atoms with E-state index < -0.39 is 11.9 Å². The molecule has 0 amide bonds. The average Bonchev–Trinajstić information content (AvgIpc) is 2.38. The fourth-order valence-corrected chi connectivity index (χ4v) is 2.48. The molecule has 1 unspecified atom stereocenters. The molecule has 1 atom stereocenters. The van der Waals surface area contributed by atoms with Crippen molar-refractivity contribution < 1.29 is 9.90 Å². The highest BCUT2D eigenvalue weighted by Gasteiger charge is 2.29. The van der Waals surface area contributed by atoms with Crippen molar-refractivity contribution in [2.24, 2.45) is 0 Å². The molecule has 1 aromatic rings. The molecule has 0 saturated heterocycles. The van der Waals surface area contributed by atoms with Crippen LogP contribution >= 0.6 is 23.2 Å². The Balaban J connectivity index is 2.33. The Bertz CT molecular complexity index is 488. The molecule has 1 aromatic carbocycles. The number of halogens is 2. The number of carbonyl (C=O) groups is 1. The van der Waals surface area contributed by atoms with Crippen molar-refractivity contribution in [3.05, 3.63) is 40.4 Å². The zero-order chi connectivity index (χ0) is 13.1. The molecule has 0 spiro atoms. The number of rotatable bonds is 3. The molecule has 2 rings (SSSR count). The summed E-state index contributed by atoms with van der Waals surface area (Å²) in [6, 6.07) is 7.53. The minimum absolute atomic E-state index is 0.434. The van der Waals surface area contributed by atoms with Gasteiger partial charge in [0.1, 0.15) is 0 Å². The third kappa shape index (κ3) is 2.62. The summed E-state index contributed by atoms with van der Waals surface area (Å²) in [7, 11) is 0. The number of para-hydroxylation sites is 1. The van der Waals surface area contributed by atoms with Gasteiger partial charge in [0.2, 0.25) is 0 Å². The monoisotopic (exact) mass is 285 g/mol. The summed E-state index contributed by atoms with van der Waals surface area (Å²) >= 11 is 11.5. The Morgan fingerprint density at radius 1 is 1.50 bits per heavy atom. The van der Waals surface area contributed by atoms with Gasteiger partial charge in [-0.1, -0.05) is 41.4 Å². The van der Waals surface area contributed by atoms with E-state index in [0.717, 1.165) is 11.3 Å². The van der Waals surface area contributed by atoms with Crippen LogP contribution in [0.15, 0.2) is 34.8 Å². The van der Waals surface area contributed by atoms with E-state index >= 15 is 0 Å². The predicted octanol–water partition coefficient (Wildman–Crippen LogP) is 3.38. The molecule has 0 aromatic heterocycles. The lowest BCUT2D eigenvalue weighted by atomic mass is 9.90. The minimum atomic E-state index is -0.777. The third-order valence-electron chi connectivity index (χ3n) is 3.10. The maximum Gasteiger partial charge on any atom is 0.311 e. The zero-order valence-corrected chi connectivity index (χ0v) is 11.2. The molecular weight excluding hydrogens is 273 g/mol. The highest BCUT2D eigenvalue weighted by Crippen LogP contribution is 2.35. The van der Waals surface area contributed by atoms with E-state index in [1.807, 2.05) is 24.3 Å². The van der Waals surface area contributed by atoms with Crippen LogP contribution in [0.4, 0.5) is 5.69 Å². The number of carboxylic acid groups (broad SMARTS) is 1. The summed E-state index contributed by atoms with van der Waals surface area (Å²) in [4.78, 5) is 13.3. The molecule has 96 valence electrons. The molecule has 0 bridgehead atoms. The highest BCUT2D eigenvalue weighted by atomic mass is 35.5. The van der Waals surface area contributed by atoms with Crippen molar-refractivity contribution in [3.8, 4) is 0 Å². The smallest absolute Gasteiger partial charge is 0.311 e. The number of benzene rings is 1. The minimum Gasteiger partial charge on any atom is -0.481 e. The molecular formula is C13H13Cl2NO2. The van der Waals surface area contributed by atoms with Gasteiger partial charge in [-0.15, -0.1) is 0 Å². The van der Waals surface area contributed by atoms with Crippen LogP contribution in [0.1, 0.15) is 17.9 Å². The van der Waals surface area contributed by atoms with Crippen LogP contribution in [0.5, 0.6) is 0 Å². The first-order valence-electron chi connectivity index (χ1n) is 5.65. The van der Waals surface area contributed by atoms with Crippen LogP contribution in [-0.4, -0.2) is 24.2 Å². The van der Waals surface area contributed by atoms with E-state index in [1.165, 1.54) is 5.54 Å². The second-order valence-electron chi connectivity index (χ2n) is 4.22. The summed E-state index contributed by atoms with van der Waals surface area (Å²) in [6.07, 6.45) is 0.582. The standard InChI is InChI=1S/C13H13Cl2NO2/c14-7-9(15)8-16-6-5-11(13(17)18)10-3-1-2-4-12(10)16/h1-4,7,11H,5-6,8H2,(H,17,18)/b9-7-. The normalized spacial score (nSPS) is 19.6. The Kier molecular flexibility index (Phi) is 4.15. The van der Waals surface area contributed by atoms with Gasteiger partial charge in [-0.25, -0.2) is 0 Å². The van der Waals surface area contributed by atoms with Crippen LogP contribution in [0.25, 0.3) is 0 Å². The molecule has 18 heavy (non-hydrogen) atoms. The predicted molar refractivity (Wildman–Crippen MR) is 73.4 cm³/mol. The van der Waals surface area contributed by atoms with E-state index in [9.17, 15) is 9.90 Å². The molecule has 0 aliphatic carbocycles. The highest BCUT2D eigenvalue weighted by molar-refractivity contribution is 6.36. The maximum atomic E-state index is 11.2. The first-order chi connectivity index (χ1) is 8.63. The number of hydrogen-bond acceptors (Lipinski definition) is 2. The van der Waals surface area contributed by atoms with Gasteiger partial charge in [-0.2, -0.15) is 0 Å². The molecule has 1 N–H and O–H groups in total. The van der Waals surface area contributed by atoms with Crippen LogP contribution < -0.4 is 4.90 Å². The van der Waals surface area contributed by atoms with Gasteiger partial charge in [0.05, 0.1) is 12.5 Å². The Labute approximate surface area is 116 Å². The van der Waals surface area contributed by atoms with Gasteiger partial charge in [0.15, 0.2) is 0 Å². The Morgan fingerprint density at radius 2 is 2.22 bits per heavy atom. The van der Waals surface area contributed by atoms with E-state index in [1.54, 1.807) is 0 Å². The van der Waals surface area contributed by atoms with E-state index in [4.69, 9.17) is 23.2 Å². The molecule has 0 fully saturated rings. The summed E-state index contributed by atoms with van der Waals surface area (Å²) < 4.78 is 0. The molecule has 3 nitrogen and oxygen atoms in total. The number of carboxylic acids is 1. The molecule has 5 heteroatoms. The fraction of sp³-hybridized carbons (Fsp3) is 0.308. The van der Waals surface area contributed by atoms with Crippen LogP contribution in [0.3, 0.4) is 0 Å². The average molecular weight is 286 g/mol. The summed E-state index contributed by atoms with van der Waals surface area (Å²) in [6.45, 7) is 1.17. The Morgan fingerprint density at radius 3 is 2.89 bits per heavy atom. The number of nitrogens with zero attached hydrogens (tertiary/aromatic N) is 1. The third-order valence-corrected chi connectivity index (χ3v) is 3.70. The van der Waals surface area contributed by atoms with Gasteiger partial charge in [-0.3, -0.25) is 4.79 Å². The molecule has 0 radical (unpaired) electrons. The molecule has 1 heterocycles. The lowest BCUT2D eigenvalue weighted by molar-refractivity contribution is -0.139. The first-order valence-corrected chi connectivity index (χ1v) is 6.46. The topological polar surface area (TPSA) is 40.5 Å². The number of aliphatic carboxylic acids is 1. The molecule has 1 aliphatic rings. The van der Waals surface area contributed by atoms with Crippen molar-refractivity contribution in [3.63, 3.8) is 0 Å². The van der Waals surface area contributed by atoms with Gasteiger partial charge >= 0.3 is 5.97 Å². The van der Waals surface area contributed by atoms with Gasteiger partial charge < -0.3 is 10.0 Å².